The van der Waals surface area contributed by atoms with Gasteiger partial charge in [0.25, 0.3) is 5.91 Å². The van der Waals surface area contributed by atoms with Crippen LogP contribution < -0.4 is 11.5 Å². The van der Waals surface area contributed by atoms with Crippen molar-refractivity contribution in [1.82, 2.24) is 19.6 Å². The van der Waals surface area contributed by atoms with E-state index in [0.29, 0.717) is 18.1 Å². The molecule has 2 heterocycles. The molecular weight excluding hydrogens is 280 g/mol. The van der Waals surface area contributed by atoms with Gasteiger partial charge in [0.2, 0.25) is 0 Å². The molecule has 4 N–H and O–H groups in total. The zero-order valence-electron chi connectivity index (χ0n) is 11.4. The van der Waals surface area contributed by atoms with Crippen LogP contribution in [0.4, 0.5) is 5.69 Å². The summed E-state index contributed by atoms with van der Waals surface area (Å²) < 4.78 is 3.37. The molecule has 20 heavy (non-hydrogen) atoms. The molecule has 2 rings (SSSR count). The Morgan fingerprint density at radius 1 is 1.40 bits per heavy atom. The number of anilines is 1. The van der Waals surface area contributed by atoms with Crippen LogP contribution in [0.1, 0.15) is 35.7 Å². The maximum Gasteiger partial charge on any atom is 0.271 e. The second kappa shape index (κ2) is 5.54. The molecule has 0 aromatic carbocycles. The van der Waals surface area contributed by atoms with Crippen molar-refractivity contribution < 1.29 is 4.79 Å². The Labute approximate surface area is 121 Å². The molecule has 0 aliphatic carbocycles. The van der Waals surface area contributed by atoms with Crippen molar-refractivity contribution in [2.24, 2.45) is 5.73 Å². The van der Waals surface area contributed by atoms with Gasteiger partial charge >= 0.3 is 0 Å². The third kappa shape index (κ3) is 2.49. The Balaban J connectivity index is 2.37. The van der Waals surface area contributed by atoms with Crippen molar-refractivity contribution in [2.45, 2.75) is 33.4 Å². The van der Waals surface area contributed by atoms with Crippen molar-refractivity contribution in [1.29, 1.82) is 0 Å². The summed E-state index contributed by atoms with van der Waals surface area (Å²) in [7, 11) is 0. The normalized spacial score (nSPS) is 10.9. The molecular formula is C12H17ClN6O. The number of rotatable bonds is 5. The van der Waals surface area contributed by atoms with E-state index in [1.807, 2.05) is 18.5 Å². The van der Waals surface area contributed by atoms with Crippen LogP contribution in [0, 0.1) is 0 Å². The van der Waals surface area contributed by atoms with E-state index in [9.17, 15) is 4.79 Å². The molecule has 7 nitrogen and oxygen atoms in total. The fraction of sp³-hybridized carbons (Fsp3) is 0.417. The van der Waals surface area contributed by atoms with Gasteiger partial charge in [-0.3, -0.25) is 14.2 Å². The lowest BCUT2D eigenvalue weighted by Gasteiger charge is -2.05. The van der Waals surface area contributed by atoms with E-state index >= 15 is 0 Å². The first-order valence-corrected chi connectivity index (χ1v) is 6.72. The summed E-state index contributed by atoms with van der Waals surface area (Å²) in [6.45, 7) is 5.07. The Hall–Kier alpha value is -2.02. The molecule has 0 saturated heterocycles. The van der Waals surface area contributed by atoms with E-state index in [4.69, 9.17) is 23.1 Å². The number of aromatic nitrogens is 4. The van der Waals surface area contributed by atoms with Crippen molar-refractivity contribution in [3.63, 3.8) is 0 Å². The van der Waals surface area contributed by atoms with E-state index in [-0.39, 0.29) is 11.4 Å². The summed E-state index contributed by atoms with van der Waals surface area (Å²) in [5.41, 5.74) is 12.9. The minimum absolute atomic E-state index is 0.0689. The molecule has 0 unspecified atom stereocenters. The number of halogens is 1. The van der Waals surface area contributed by atoms with Crippen molar-refractivity contribution in [2.75, 3.05) is 5.73 Å². The number of nitrogen functional groups attached to an aromatic ring is 1. The molecule has 0 bridgehead atoms. The van der Waals surface area contributed by atoms with E-state index in [0.717, 1.165) is 17.8 Å². The number of amides is 1. The Kier molecular flexibility index (Phi) is 3.99. The van der Waals surface area contributed by atoms with Gasteiger partial charge in [-0.25, -0.2) is 0 Å². The molecule has 2 aromatic heterocycles. The Morgan fingerprint density at radius 3 is 2.60 bits per heavy atom. The monoisotopic (exact) mass is 296 g/mol. The van der Waals surface area contributed by atoms with Gasteiger partial charge < -0.3 is 11.5 Å². The molecule has 0 spiro atoms. The van der Waals surface area contributed by atoms with E-state index < -0.39 is 5.91 Å². The van der Waals surface area contributed by atoms with Gasteiger partial charge in [0, 0.05) is 12.7 Å². The van der Waals surface area contributed by atoms with Gasteiger partial charge in [0.1, 0.15) is 0 Å². The quantitative estimate of drug-likeness (QED) is 0.860. The predicted octanol–water partition coefficient (Wildman–Crippen LogP) is 1.04. The number of hydrogen-bond donors (Lipinski definition) is 2. The van der Waals surface area contributed by atoms with Crippen LogP contribution in [-0.2, 0) is 19.5 Å². The van der Waals surface area contributed by atoms with E-state index in [2.05, 4.69) is 10.2 Å². The molecule has 2 aromatic rings. The average Bonchev–Trinajstić information content (AvgIpc) is 2.92. The van der Waals surface area contributed by atoms with Crippen LogP contribution in [0.5, 0.6) is 0 Å². The summed E-state index contributed by atoms with van der Waals surface area (Å²) in [5, 5.41) is 9.13. The van der Waals surface area contributed by atoms with Crippen LogP contribution >= 0.6 is 11.6 Å². The predicted molar refractivity (Wildman–Crippen MR) is 76.5 cm³/mol. The van der Waals surface area contributed by atoms with Gasteiger partial charge in [-0.05, 0) is 13.3 Å². The number of nitrogens with zero attached hydrogens (tertiary/aromatic N) is 4. The van der Waals surface area contributed by atoms with Gasteiger partial charge in [-0.1, -0.05) is 18.5 Å². The van der Waals surface area contributed by atoms with Crippen molar-refractivity contribution in [3.05, 3.63) is 28.3 Å². The second-order valence-electron chi connectivity index (χ2n) is 4.37. The molecule has 8 heteroatoms. The highest BCUT2D eigenvalue weighted by Crippen LogP contribution is 2.23. The molecule has 0 atom stereocenters. The summed E-state index contributed by atoms with van der Waals surface area (Å²) in [6, 6.07) is 0. The first-order valence-electron chi connectivity index (χ1n) is 6.34. The molecule has 0 aliphatic rings. The molecule has 0 aliphatic heterocycles. The molecule has 0 fully saturated rings. The van der Waals surface area contributed by atoms with Gasteiger partial charge in [-0.2, -0.15) is 10.2 Å². The third-order valence-electron chi connectivity index (χ3n) is 3.03. The van der Waals surface area contributed by atoms with Crippen LogP contribution in [0.3, 0.4) is 0 Å². The summed E-state index contributed by atoms with van der Waals surface area (Å²) in [5.74, 6) is -0.648. The second-order valence-corrected chi connectivity index (χ2v) is 4.75. The highest BCUT2D eigenvalue weighted by Gasteiger charge is 2.17. The summed E-state index contributed by atoms with van der Waals surface area (Å²) >= 11 is 6.32. The lowest BCUT2D eigenvalue weighted by atomic mass is 10.3. The van der Waals surface area contributed by atoms with Gasteiger partial charge in [0.05, 0.1) is 28.6 Å². The van der Waals surface area contributed by atoms with Crippen LogP contribution in [0.15, 0.2) is 6.20 Å². The number of carbonyl (C=O) groups excluding carboxylic acids is 1. The molecule has 0 saturated carbocycles. The smallest absolute Gasteiger partial charge is 0.271 e. The van der Waals surface area contributed by atoms with Crippen molar-refractivity contribution in [3.8, 4) is 0 Å². The lowest BCUT2D eigenvalue weighted by molar-refractivity contribution is 0.0995. The SMILES string of the molecule is CCc1nn(CC)c(Cn2cc(N)c(C(N)=O)n2)c1Cl. The first kappa shape index (κ1) is 14.4. The van der Waals surface area contributed by atoms with Crippen LogP contribution in [-0.4, -0.2) is 25.5 Å². The van der Waals surface area contributed by atoms with Crippen LogP contribution in [0.25, 0.3) is 0 Å². The van der Waals surface area contributed by atoms with Crippen LogP contribution in [0.2, 0.25) is 5.02 Å². The maximum absolute atomic E-state index is 11.2. The highest BCUT2D eigenvalue weighted by molar-refractivity contribution is 6.31. The number of primary amides is 1. The standard InChI is InChI=1S/C12H17ClN6O/c1-3-8-10(13)9(19(4-2)16-8)6-18-5-7(14)11(17-18)12(15)20/h5H,3-4,6,14H2,1-2H3,(H2,15,20). The summed E-state index contributed by atoms with van der Waals surface area (Å²) in [4.78, 5) is 11.2. The number of aryl methyl sites for hydroxylation is 2. The van der Waals surface area contributed by atoms with E-state index in [1.165, 1.54) is 0 Å². The molecule has 1 amide bonds. The van der Waals surface area contributed by atoms with Gasteiger partial charge in [0.15, 0.2) is 5.69 Å². The molecule has 108 valence electrons. The number of nitrogens with two attached hydrogens (primary N) is 2. The average molecular weight is 297 g/mol. The zero-order chi connectivity index (χ0) is 14.9. The lowest BCUT2D eigenvalue weighted by Crippen LogP contribution is -2.15. The van der Waals surface area contributed by atoms with Crippen molar-refractivity contribution >= 4 is 23.2 Å². The Bertz CT molecular complexity index is 645. The zero-order valence-corrected chi connectivity index (χ0v) is 12.2. The fourth-order valence-electron chi connectivity index (χ4n) is 2.03. The van der Waals surface area contributed by atoms with E-state index in [1.54, 1.807) is 10.9 Å². The third-order valence-corrected chi connectivity index (χ3v) is 3.47. The van der Waals surface area contributed by atoms with Gasteiger partial charge in [-0.15, -0.1) is 0 Å². The first-order chi connectivity index (χ1) is 9.47. The number of carbonyl (C=O) groups is 1. The minimum Gasteiger partial charge on any atom is -0.396 e. The molecule has 0 radical (unpaired) electrons. The summed E-state index contributed by atoms with van der Waals surface area (Å²) in [6.07, 6.45) is 2.32. The minimum atomic E-state index is -0.648. The maximum atomic E-state index is 11.2. The Morgan fingerprint density at radius 2 is 2.10 bits per heavy atom. The largest absolute Gasteiger partial charge is 0.396 e. The highest BCUT2D eigenvalue weighted by atomic mass is 35.5. The fourth-order valence-corrected chi connectivity index (χ4v) is 2.36. The topological polar surface area (TPSA) is 105 Å². The number of hydrogen-bond acceptors (Lipinski definition) is 4.